The molecule has 0 unspecified atom stereocenters. The summed E-state index contributed by atoms with van der Waals surface area (Å²) in [5.41, 5.74) is 4.98. The lowest BCUT2D eigenvalue weighted by Crippen LogP contribution is -2.12. The number of aromatic nitrogens is 1. The Bertz CT molecular complexity index is 718. The van der Waals surface area contributed by atoms with E-state index in [0.717, 1.165) is 13.1 Å². The van der Waals surface area contributed by atoms with Gasteiger partial charge in [-0.2, -0.15) is 0 Å². The molecule has 3 rings (SSSR count). The zero-order chi connectivity index (χ0) is 14.5. The van der Waals surface area contributed by atoms with E-state index >= 15 is 0 Å². The summed E-state index contributed by atoms with van der Waals surface area (Å²) in [5.74, 6) is 0. The molecule has 0 aliphatic rings. The molecule has 0 saturated carbocycles. The number of aromatic amines is 1. The number of fused-ring (bicyclic) bond motifs is 1. The van der Waals surface area contributed by atoms with Crippen LogP contribution in [0.2, 0.25) is 0 Å². The highest BCUT2D eigenvalue weighted by Crippen LogP contribution is 2.14. The van der Waals surface area contributed by atoms with Gasteiger partial charge in [0, 0.05) is 31.9 Å². The van der Waals surface area contributed by atoms with Crippen LogP contribution in [0, 0.1) is 0 Å². The topological polar surface area (TPSA) is 37.0 Å². The van der Waals surface area contributed by atoms with Crippen molar-refractivity contribution in [3.05, 3.63) is 71.4 Å². The van der Waals surface area contributed by atoms with E-state index in [2.05, 4.69) is 58.8 Å². The normalized spacial score (nSPS) is 11.1. The van der Waals surface area contributed by atoms with Crippen LogP contribution in [0.25, 0.3) is 10.9 Å². The zero-order valence-corrected chi connectivity index (χ0v) is 12.2. The van der Waals surface area contributed by atoms with Gasteiger partial charge < -0.3 is 15.0 Å². The third-order valence-electron chi connectivity index (χ3n) is 3.58. The molecular weight excluding hydrogens is 260 g/mol. The fourth-order valence-electron chi connectivity index (χ4n) is 2.55. The summed E-state index contributed by atoms with van der Waals surface area (Å²) in [7, 11) is 1.72. The monoisotopic (exact) mass is 280 g/mol. The zero-order valence-electron chi connectivity index (χ0n) is 12.2. The maximum atomic E-state index is 5.17. The standard InChI is InChI=1S/C18H20N2O/c1-21-13-16-4-2-3-14(9-16)11-19-12-15-5-6-17-7-8-20-18(17)10-15/h2-10,19-20H,11-13H2,1H3. The Balaban J connectivity index is 1.58. The first-order valence-corrected chi connectivity index (χ1v) is 7.18. The second-order valence-corrected chi connectivity index (χ2v) is 5.26. The van der Waals surface area contributed by atoms with Gasteiger partial charge in [0.15, 0.2) is 0 Å². The number of hydrogen-bond donors (Lipinski definition) is 2. The van der Waals surface area contributed by atoms with Crippen molar-refractivity contribution in [3.63, 3.8) is 0 Å². The van der Waals surface area contributed by atoms with Crippen LogP contribution in [0.3, 0.4) is 0 Å². The SMILES string of the molecule is COCc1cccc(CNCc2ccc3cc[nH]c3c2)c1. The largest absolute Gasteiger partial charge is 0.380 e. The molecule has 21 heavy (non-hydrogen) atoms. The molecule has 0 spiro atoms. The fourth-order valence-corrected chi connectivity index (χ4v) is 2.55. The molecule has 3 aromatic rings. The summed E-state index contributed by atoms with van der Waals surface area (Å²) in [5, 5.41) is 4.75. The van der Waals surface area contributed by atoms with Gasteiger partial charge in [0.25, 0.3) is 0 Å². The summed E-state index contributed by atoms with van der Waals surface area (Å²) in [6.45, 7) is 2.39. The van der Waals surface area contributed by atoms with E-state index in [-0.39, 0.29) is 0 Å². The third-order valence-corrected chi connectivity index (χ3v) is 3.58. The lowest BCUT2D eigenvalue weighted by atomic mass is 10.1. The Morgan fingerprint density at radius 2 is 1.76 bits per heavy atom. The Labute approximate surface area is 125 Å². The molecule has 0 aliphatic heterocycles. The molecule has 2 N–H and O–H groups in total. The molecule has 0 amide bonds. The minimum absolute atomic E-state index is 0.664. The molecule has 3 nitrogen and oxygen atoms in total. The number of rotatable bonds is 6. The Kier molecular flexibility index (Phi) is 4.34. The fraction of sp³-hybridized carbons (Fsp3) is 0.222. The Hall–Kier alpha value is -2.10. The van der Waals surface area contributed by atoms with E-state index in [0.29, 0.717) is 6.61 Å². The molecule has 1 aromatic heterocycles. The van der Waals surface area contributed by atoms with Gasteiger partial charge in [0.05, 0.1) is 6.61 Å². The smallest absolute Gasteiger partial charge is 0.0713 e. The summed E-state index contributed by atoms with van der Waals surface area (Å²) < 4.78 is 5.17. The minimum atomic E-state index is 0.664. The van der Waals surface area contributed by atoms with E-state index in [1.54, 1.807) is 7.11 Å². The van der Waals surface area contributed by atoms with Crippen LogP contribution in [0.4, 0.5) is 0 Å². The predicted molar refractivity (Wildman–Crippen MR) is 86.0 cm³/mol. The number of benzene rings is 2. The van der Waals surface area contributed by atoms with Gasteiger partial charge in [0.1, 0.15) is 0 Å². The molecule has 3 heteroatoms. The lowest BCUT2D eigenvalue weighted by Gasteiger charge is -2.07. The quantitative estimate of drug-likeness (QED) is 0.724. The Morgan fingerprint density at radius 3 is 2.62 bits per heavy atom. The van der Waals surface area contributed by atoms with Crippen molar-refractivity contribution < 1.29 is 4.74 Å². The van der Waals surface area contributed by atoms with Gasteiger partial charge >= 0.3 is 0 Å². The second-order valence-electron chi connectivity index (χ2n) is 5.26. The minimum Gasteiger partial charge on any atom is -0.380 e. The molecule has 0 atom stereocenters. The number of methoxy groups -OCH3 is 1. The van der Waals surface area contributed by atoms with Crippen LogP contribution in [-0.2, 0) is 24.4 Å². The van der Waals surface area contributed by atoms with Gasteiger partial charge in [-0.05, 0) is 34.2 Å². The molecule has 108 valence electrons. The summed E-state index contributed by atoms with van der Waals surface area (Å²) in [6.07, 6.45) is 1.98. The van der Waals surface area contributed by atoms with E-state index in [4.69, 9.17) is 4.74 Å². The molecule has 0 fully saturated rings. The third kappa shape index (κ3) is 3.51. The second kappa shape index (κ2) is 6.57. The van der Waals surface area contributed by atoms with E-state index in [1.165, 1.54) is 27.6 Å². The van der Waals surface area contributed by atoms with Crippen LogP contribution in [-0.4, -0.2) is 12.1 Å². The first-order chi connectivity index (χ1) is 10.3. The molecular formula is C18H20N2O. The van der Waals surface area contributed by atoms with E-state index in [9.17, 15) is 0 Å². The van der Waals surface area contributed by atoms with Crippen LogP contribution in [0.15, 0.2) is 54.7 Å². The van der Waals surface area contributed by atoms with Crippen molar-refractivity contribution in [1.82, 2.24) is 10.3 Å². The van der Waals surface area contributed by atoms with Gasteiger partial charge in [-0.15, -0.1) is 0 Å². The van der Waals surface area contributed by atoms with Gasteiger partial charge in [0.2, 0.25) is 0 Å². The van der Waals surface area contributed by atoms with E-state index in [1.807, 2.05) is 6.20 Å². The van der Waals surface area contributed by atoms with E-state index < -0.39 is 0 Å². The predicted octanol–water partition coefficient (Wildman–Crippen LogP) is 3.60. The molecule has 2 aromatic carbocycles. The summed E-state index contributed by atoms with van der Waals surface area (Å²) >= 11 is 0. The average molecular weight is 280 g/mol. The maximum Gasteiger partial charge on any atom is 0.0713 e. The van der Waals surface area contributed by atoms with Crippen molar-refractivity contribution in [2.75, 3.05) is 7.11 Å². The maximum absolute atomic E-state index is 5.17. The highest BCUT2D eigenvalue weighted by atomic mass is 16.5. The van der Waals surface area contributed by atoms with Crippen molar-refractivity contribution in [3.8, 4) is 0 Å². The van der Waals surface area contributed by atoms with Crippen LogP contribution in [0.1, 0.15) is 16.7 Å². The highest BCUT2D eigenvalue weighted by Gasteiger charge is 1.99. The molecule has 0 aliphatic carbocycles. The highest BCUT2D eigenvalue weighted by molar-refractivity contribution is 5.79. The number of nitrogens with one attached hydrogen (secondary N) is 2. The van der Waals surface area contributed by atoms with Gasteiger partial charge in [-0.1, -0.05) is 36.4 Å². The van der Waals surface area contributed by atoms with Gasteiger partial charge in [-0.25, -0.2) is 0 Å². The molecule has 0 saturated heterocycles. The van der Waals surface area contributed by atoms with Crippen LogP contribution < -0.4 is 5.32 Å². The molecule has 0 radical (unpaired) electrons. The average Bonchev–Trinajstić information content (AvgIpc) is 2.96. The van der Waals surface area contributed by atoms with Crippen LogP contribution in [0.5, 0.6) is 0 Å². The number of hydrogen-bond acceptors (Lipinski definition) is 2. The first-order valence-electron chi connectivity index (χ1n) is 7.18. The molecule has 0 bridgehead atoms. The van der Waals surface area contributed by atoms with Crippen LogP contribution >= 0.6 is 0 Å². The summed E-state index contributed by atoms with van der Waals surface area (Å²) in [4.78, 5) is 3.25. The summed E-state index contributed by atoms with van der Waals surface area (Å²) in [6, 6.07) is 17.1. The van der Waals surface area contributed by atoms with Crippen molar-refractivity contribution in [2.24, 2.45) is 0 Å². The first kappa shape index (κ1) is 13.9. The molecule has 1 heterocycles. The van der Waals surface area contributed by atoms with Crippen molar-refractivity contribution in [1.29, 1.82) is 0 Å². The van der Waals surface area contributed by atoms with Crippen molar-refractivity contribution in [2.45, 2.75) is 19.7 Å². The van der Waals surface area contributed by atoms with Crippen molar-refractivity contribution >= 4 is 10.9 Å². The van der Waals surface area contributed by atoms with Gasteiger partial charge in [-0.3, -0.25) is 0 Å². The Morgan fingerprint density at radius 1 is 0.952 bits per heavy atom. The lowest BCUT2D eigenvalue weighted by molar-refractivity contribution is 0.185. The number of ether oxygens (including phenoxy) is 1. The number of H-pyrrole nitrogens is 1.